The predicted molar refractivity (Wildman–Crippen MR) is 89.1 cm³/mol. The molecule has 26 heavy (non-hydrogen) atoms. The van der Waals surface area contributed by atoms with Gasteiger partial charge in [-0.2, -0.15) is 4.90 Å². The van der Waals surface area contributed by atoms with Crippen molar-refractivity contribution in [1.29, 1.82) is 0 Å². The van der Waals surface area contributed by atoms with Gasteiger partial charge in [0.2, 0.25) is 5.91 Å². The van der Waals surface area contributed by atoms with E-state index >= 15 is 0 Å². The van der Waals surface area contributed by atoms with Gasteiger partial charge in [0.25, 0.3) is 11.8 Å². The number of hydrogen-bond acceptors (Lipinski definition) is 6. The van der Waals surface area contributed by atoms with E-state index in [0.29, 0.717) is 16.0 Å². The molecule has 1 fully saturated rings. The zero-order chi connectivity index (χ0) is 19.2. The van der Waals surface area contributed by atoms with Crippen LogP contribution in [0.3, 0.4) is 0 Å². The minimum Gasteiger partial charge on any atom is -0.508 e. The van der Waals surface area contributed by atoms with Gasteiger partial charge in [-0.25, -0.2) is 4.79 Å². The smallest absolute Gasteiger partial charge is 0.424 e. The molecule has 0 spiro atoms. The van der Waals surface area contributed by atoms with Gasteiger partial charge in [0.15, 0.2) is 0 Å². The average Bonchev–Trinajstić information content (AvgIpc) is 2.84. The van der Waals surface area contributed by atoms with E-state index in [1.165, 1.54) is 11.0 Å². The quantitative estimate of drug-likeness (QED) is 0.766. The molecule has 1 aromatic rings. The lowest BCUT2D eigenvalue weighted by molar-refractivity contribution is -0.150. The molecule has 8 heteroatoms. The van der Waals surface area contributed by atoms with Crippen LogP contribution in [0.1, 0.15) is 49.5 Å². The number of amides is 4. The summed E-state index contributed by atoms with van der Waals surface area (Å²) in [5, 5.41) is 9.94. The van der Waals surface area contributed by atoms with Gasteiger partial charge in [-0.15, -0.1) is 0 Å². The maximum Gasteiger partial charge on any atom is 0.424 e. The lowest BCUT2D eigenvalue weighted by atomic mass is 10.0. The van der Waals surface area contributed by atoms with Crippen LogP contribution in [0.2, 0.25) is 0 Å². The first-order valence-electron chi connectivity index (χ1n) is 8.32. The Morgan fingerprint density at radius 3 is 2.54 bits per heavy atom. The number of carbonyl (C=O) groups excluding carboxylic acids is 4. The third-order valence-corrected chi connectivity index (χ3v) is 4.31. The summed E-state index contributed by atoms with van der Waals surface area (Å²) in [4.78, 5) is 51.5. The van der Waals surface area contributed by atoms with Crippen molar-refractivity contribution in [1.82, 2.24) is 9.80 Å². The maximum absolute atomic E-state index is 12.8. The fourth-order valence-corrected chi connectivity index (χ4v) is 3.15. The highest BCUT2D eigenvalue weighted by Crippen LogP contribution is 2.33. The molecule has 2 heterocycles. The summed E-state index contributed by atoms with van der Waals surface area (Å²) in [7, 11) is 0. The largest absolute Gasteiger partial charge is 0.508 e. The number of carbonyl (C=O) groups is 4. The SMILES string of the molecule is CC(C)(C)OC(=O)N1C(=O)CC[C@H](N2Cc3c(O)cccc3C2=O)C1=O. The van der Waals surface area contributed by atoms with E-state index in [1.54, 1.807) is 32.9 Å². The third kappa shape index (κ3) is 3.02. The first-order chi connectivity index (χ1) is 12.1. The van der Waals surface area contributed by atoms with Crippen LogP contribution in [0.5, 0.6) is 5.75 Å². The molecule has 0 saturated carbocycles. The number of aromatic hydroxyl groups is 1. The number of fused-ring (bicyclic) bond motifs is 1. The lowest BCUT2D eigenvalue weighted by Gasteiger charge is -2.35. The first-order valence-corrected chi connectivity index (χ1v) is 8.32. The Bertz CT molecular complexity index is 810. The van der Waals surface area contributed by atoms with Crippen molar-refractivity contribution in [2.75, 3.05) is 0 Å². The minimum atomic E-state index is -1.04. The molecule has 8 nitrogen and oxygen atoms in total. The molecule has 2 aliphatic rings. The molecule has 0 bridgehead atoms. The van der Waals surface area contributed by atoms with E-state index < -0.39 is 35.5 Å². The second-order valence-electron chi connectivity index (χ2n) is 7.34. The molecule has 0 aromatic heterocycles. The van der Waals surface area contributed by atoms with Crippen molar-refractivity contribution >= 4 is 23.8 Å². The molecule has 138 valence electrons. The van der Waals surface area contributed by atoms with Crippen LogP contribution >= 0.6 is 0 Å². The molecule has 3 rings (SSSR count). The molecule has 4 amide bonds. The molecule has 0 radical (unpaired) electrons. The van der Waals surface area contributed by atoms with Crippen LogP contribution < -0.4 is 0 Å². The molecule has 0 unspecified atom stereocenters. The normalized spacial score (nSPS) is 20.4. The highest BCUT2D eigenvalue weighted by atomic mass is 16.6. The van der Waals surface area contributed by atoms with E-state index in [2.05, 4.69) is 0 Å². The van der Waals surface area contributed by atoms with Crippen molar-refractivity contribution < 1.29 is 29.0 Å². The van der Waals surface area contributed by atoms with Crippen molar-refractivity contribution in [3.63, 3.8) is 0 Å². The van der Waals surface area contributed by atoms with Crippen LogP contribution in [0, 0.1) is 0 Å². The summed E-state index contributed by atoms with van der Waals surface area (Å²) in [6.07, 6.45) is -0.969. The number of benzene rings is 1. The van der Waals surface area contributed by atoms with Crippen LogP contribution in [-0.2, 0) is 20.9 Å². The Labute approximate surface area is 150 Å². The Morgan fingerprint density at radius 2 is 1.92 bits per heavy atom. The van der Waals surface area contributed by atoms with Gasteiger partial charge in [0.1, 0.15) is 17.4 Å². The first kappa shape index (κ1) is 17.9. The zero-order valence-corrected chi connectivity index (χ0v) is 14.8. The van der Waals surface area contributed by atoms with E-state index in [-0.39, 0.29) is 25.1 Å². The molecule has 0 aliphatic carbocycles. The number of nitrogens with zero attached hydrogens (tertiary/aromatic N) is 2. The third-order valence-electron chi connectivity index (χ3n) is 4.31. The fraction of sp³-hybridized carbons (Fsp3) is 0.444. The number of hydrogen-bond donors (Lipinski definition) is 1. The van der Waals surface area contributed by atoms with Gasteiger partial charge < -0.3 is 14.7 Å². The van der Waals surface area contributed by atoms with Crippen LogP contribution in [0.25, 0.3) is 0 Å². The van der Waals surface area contributed by atoms with Gasteiger partial charge in [-0.05, 0) is 39.3 Å². The highest BCUT2D eigenvalue weighted by Gasteiger charge is 2.46. The standard InChI is InChI=1S/C18H20N2O6/c1-18(2,3)26-17(25)20-14(22)8-7-12(16(20)24)19-9-11-10(15(19)23)5-4-6-13(11)21/h4-6,12,21H,7-9H2,1-3H3/t12-/m0/s1. The van der Waals surface area contributed by atoms with Gasteiger partial charge >= 0.3 is 6.09 Å². The number of phenols is 1. The molecular weight excluding hydrogens is 340 g/mol. The average molecular weight is 360 g/mol. The molecule has 1 aromatic carbocycles. The monoisotopic (exact) mass is 360 g/mol. The van der Waals surface area contributed by atoms with E-state index in [4.69, 9.17) is 4.74 Å². The summed E-state index contributed by atoms with van der Waals surface area (Å²) < 4.78 is 5.14. The summed E-state index contributed by atoms with van der Waals surface area (Å²) in [5.74, 6) is -1.86. The Morgan fingerprint density at radius 1 is 1.23 bits per heavy atom. The zero-order valence-electron chi connectivity index (χ0n) is 14.8. The number of rotatable bonds is 1. The summed E-state index contributed by atoms with van der Waals surface area (Å²) in [5.41, 5.74) is -0.111. The number of piperidine rings is 1. The van der Waals surface area contributed by atoms with Crippen molar-refractivity contribution in [2.24, 2.45) is 0 Å². The second-order valence-corrected chi connectivity index (χ2v) is 7.34. The molecule has 1 saturated heterocycles. The van der Waals surface area contributed by atoms with E-state index in [9.17, 15) is 24.3 Å². The topological polar surface area (TPSA) is 104 Å². The van der Waals surface area contributed by atoms with Crippen molar-refractivity contribution in [3.05, 3.63) is 29.3 Å². The second kappa shape index (κ2) is 6.12. The molecule has 1 N–H and O–H groups in total. The number of phenolic OH excluding ortho intramolecular Hbond substituents is 1. The van der Waals surface area contributed by atoms with E-state index in [1.807, 2.05) is 0 Å². The fourth-order valence-electron chi connectivity index (χ4n) is 3.15. The van der Waals surface area contributed by atoms with Crippen LogP contribution in [-0.4, -0.2) is 50.4 Å². The van der Waals surface area contributed by atoms with Gasteiger partial charge in [0, 0.05) is 17.5 Å². The van der Waals surface area contributed by atoms with Gasteiger partial charge in [-0.1, -0.05) is 6.07 Å². The lowest BCUT2D eigenvalue weighted by Crippen LogP contribution is -2.57. The van der Waals surface area contributed by atoms with Crippen molar-refractivity contribution in [3.8, 4) is 5.75 Å². The molecular formula is C18H20N2O6. The van der Waals surface area contributed by atoms with Gasteiger partial charge in [0.05, 0.1) is 6.54 Å². The molecule has 2 aliphatic heterocycles. The summed E-state index contributed by atoms with van der Waals surface area (Å²) in [6, 6.07) is 3.63. The summed E-state index contributed by atoms with van der Waals surface area (Å²) >= 11 is 0. The van der Waals surface area contributed by atoms with Crippen LogP contribution in [0.15, 0.2) is 18.2 Å². The van der Waals surface area contributed by atoms with Gasteiger partial charge in [-0.3, -0.25) is 14.4 Å². The number of ether oxygens (including phenoxy) is 1. The highest BCUT2D eigenvalue weighted by molar-refractivity contribution is 6.13. The Hall–Kier alpha value is -2.90. The summed E-state index contributed by atoms with van der Waals surface area (Å²) in [6.45, 7) is 4.94. The Kier molecular flexibility index (Phi) is 4.21. The maximum atomic E-state index is 12.8. The van der Waals surface area contributed by atoms with Crippen LogP contribution in [0.4, 0.5) is 4.79 Å². The predicted octanol–water partition coefficient (Wildman–Crippen LogP) is 1.80. The number of imide groups is 3. The minimum absolute atomic E-state index is 0.0262. The Balaban J connectivity index is 1.85. The molecule has 1 atom stereocenters. The van der Waals surface area contributed by atoms with E-state index in [0.717, 1.165) is 0 Å². The van der Waals surface area contributed by atoms with Crippen molar-refractivity contribution in [2.45, 2.75) is 51.8 Å². The number of likely N-dealkylation sites (tertiary alicyclic amines) is 1.